The van der Waals surface area contributed by atoms with E-state index in [1.807, 2.05) is 48.5 Å². The van der Waals surface area contributed by atoms with Gasteiger partial charge in [-0.2, -0.15) is 0 Å². The summed E-state index contributed by atoms with van der Waals surface area (Å²) in [4.78, 5) is 28.7. The van der Waals surface area contributed by atoms with Gasteiger partial charge in [0.25, 0.3) is 0 Å². The first-order chi connectivity index (χ1) is 14.1. The van der Waals surface area contributed by atoms with Gasteiger partial charge in [-0.25, -0.2) is 4.98 Å². The highest BCUT2D eigenvalue weighted by molar-refractivity contribution is 6.06. The van der Waals surface area contributed by atoms with Crippen LogP contribution in [0.15, 0.2) is 54.6 Å². The number of benzene rings is 2. The molecular formula is C22H22N4O3. The van der Waals surface area contributed by atoms with Gasteiger partial charge in [-0.3, -0.25) is 9.59 Å². The fourth-order valence-electron chi connectivity index (χ4n) is 3.44. The molecule has 2 aromatic carbocycles. The molecule has 1 fully saturated rings. The average Bonchev–Trinajstić information content (AvgIpc) is 2.74. The molecule has 0 unspecified atom stereocenters. The predicted molar refractivity (Wildman–Crippen MR) is 112 cm³/mol. The van der Waals surface area contributed by atoms with E-state index in [1.54, 1.807) is 6.07 Å². The number of nitrogens with zero attached hydrogens (tertiary/aromatic N) is 1. The molecule has 0 radical (unpaired) electrons. The van der Waals surface area contributed by atoms with Gasteiger partial charge in [0.05, 0.1) is 30.0 Å². The van der Waals surface area contributed by atoms with Crippen LogP contribution in [-0.4, -0.2) is 42.6 Å². The molecule has 0 saturated carbocycles. The molecule has 0 aliphatic carbocycles. The van der Waals surface area contributed by atoms with Gasteiger partial charge in [0.15, 0.2) is 0 Å². The quantitative estimate of drug-likeness (QED) is 0.620. The number of carbonyl (C=O) groups is 2. The number of morpholine rings is 1. The third-order valence-electron chi connectivity index (χ3n) is 4.88. The van der Waals surface area contributed by atoms with Crippen LogP contribution in [-0.2, 0) is 9.53 Å². The molecule has 0 bridgehead atoms. The van der Waals surface area contributed by atoms with Gasteiger partial charge in [0.2, 0.25) is 11.8 Å². The molecular weight excluding hydrogens is 368 g/mol. The second-order valence-corrected chi connectivity index (χ2v) is 6.99. The van der Waals surface area contributed by atoms with Crippen LogP contribution in [0, 0.1) is 0 Å². The van der Waals surface area contributed by atoms with Crippen molar-refractivity contribution in [3.05, 3.63) is 60.2 Å². The minimum absolute atomic E-state index is 0.0389. The Balaban J connectivity index is 1.52. The molecule has 2 heterocycles. The van der Waals surface area contributed by atoms with Crippen molar-refractivity contribution in [2.24, 2.45) is 5.73 Å². The number of primary amides is 1. The van der Waals surface area contributed by atoms with Crippen LogP contribution in [0.5, 0.6) is 0 Å². The van der Waals surface area contributed by atoms with E-state index in [2.05, 4.69) is 15.6 Å². The molecule has 7 heteroatoms. The average molecular weight is 390 g/mol. The van der Waals surface area contributed by atoms with Gasteiger partial charge >= 0.3 is 0 Å². The summed E-state index contributed by atoms with van der Waals surface area (Å²) in [5, 5.41) is 6.89. The van der Waals surface area contributed by atoms with E-state index in [0.717, 1.165) is 17.5 Å². The molecule has 148 valence electrons. The Kier molecular flexibility index (Phi) is 5.50. The number of para-hydroxylation sites is 1. The number of pyridine rings is 1. The Bertz CT molecular complexity index is 1040. The molecule has 4 rings (SSSR count). The fourth-order valence-corrected chi connectivity index (χ4v) is 3.44. The van der Waals surface area contributed by atoms with E-state index in [0.29, 0.717) is 42.1 Å². The lowest BCUT2D eigenvalue weighted by atomic mass is 10.0. The molecule has 1 aliphatic heterocycles. The molecule has 1 saturated heterocycles. The van der Waals surface area contributed by atoms with Gasteiger partial charge in [-0.15, -0.1) is 0 Å². The SMILES string of the molecule is NC(=O)c1cc(-c2ccc(NC(=O)C[C@H]3COCCN3)cc2)nc2ccccc12. The Hall–Kier alpha value is -3.29. The van der Waals surface area contributed by atoms with Crippen molar-refractivity contribution in [1.82, 2.24) is 10.3 Å². The Morgan fingerprint density at radius 3 is 2.69 bits per heavy atom. The first-order valence-electron chi connectivity index (χ1n) is 9.51. The highest BCUT2D eigenvalue weighted by Crippen LogP contribution is 2.25. The standard InChI is InChI=1S/C22H22N4O3/c23-22(28)18-12-20(26-19-4-2-1-3-17(18)19)14-5-7-15(8-6-14)25-21(27)11-16-13-29-10-9-24-16/h1-8,12,16,24H,9-11,13H2,(H2,23,28)(H,25,27)/t16-/m0/s1. The van der Waals surface area contributed by atoms with Crippen LogP contribution >= 0.6 is 0 Å². The summed E-state index contributed by atoms with van der Waals surface area (Å²) in [7, 11) is 0. The van der Waals surface area contributed by atoms with Gasteiger partial charge in [0, 0.05) is 35.6 Å². The third-order valence-corrected chi connectivity index (χ3v) is 4.88. The smallest absolute Gasteiger partial charge is 0.249 e. The maximum Gasteiger partial charge on any atom is 0.249 e. The molecule has 29 heavy (non-hydrogen) atoms. The van der Waals surface area contributed by atoms with Gasteiger partial charge in [-0.05, 0) is 24.3 Å². The first kappa shape index (κ1) is 19.0. The summed E-state index contributed by atoms with van der Waals surface area (Å²) >= 11 is 0. The summed E-state index contributed by atoms with van der Waals surface area (Å²) in [5.41, 5.74) is 8.88. The van der Waals surface area contributed by atoms with E-state index < -0.39 is 5.91 Å². The number of ether oxygens (including phenoxy) is 1. The third kappa shape index (κ3) is 4.42. The van der Waals surface area contributed by atoms with E-state index >= 15 is 0 Å². The minimum Gasteiger partial charge on any atom is -0.378 e. The highest BCUT2D eigenvalue weighted by Gasteiger charge is 2.17. The summed E-state index contributed by atoms with van der Waals surface area (Å²) in [6.07, 6.45) is 0.357. The number of nitrogens with two attached hydrogens (primary N) is 1. The topological polar surface area (TPSA) is 106 Å². The number of amides is 2. The lowest BCUT2D eigenvalue weighted by Crippen LogP contribution is -2.43. The second kappa shape index (κ2) is 8.38. The normalized spacial score (nSPS) is 16.5. The van der Waals surface area contributed by atoms with Crippen molar-refractivity contribution in [3.8, 4) is 11.3 Å². The summed E-state index contributed by atoms with van der Waals surface area (Å²) in [6, 6.07) is 16.5. The maximum atomic E-state index is 12.2. The zero-order valence-corrected chi connectivity index (χ0v) is 15.9. The van der Waals surface area contributed by atoms with Crippen LogP contribution in [0.3, 0.4) is 0 Å². The van der Waals surface area contributed by atoms with Crippen molar-refractivity contribution in [2.75, 3.05) is 25.1 Å². The Morgan fingerprint density at radius 2 is 1.97 bits per heavy atom. The van der Waals surface area contributed by atoms with Gasteiger partial charge in [0.1, 0.15) is 0 Å². The molecule has 0 spiro atoms. The van der Waals surface area contributed by atoms with E-state index in [-0.39, 0.29) is 11.9 Å². The van der Waals surface area contributed by atoms with Crippen molar-refractivity contribution in [3.63, 3.8) is 0 Å². The van der Waals surface area contributed by atoms with Crippen LogP contribution in [0.2, 0.25) is 0 Å². The van der Waals surface area contributed by atoms with Crippen LogP contribution in [0.1, 0.15) is 16.8 Å². The summed E-state index contributed by atoms with van der Waals surface area (Å²) in [6.45, 7) is 1.99. The zero-order valence-electron chi connectivity index (χ0n) is 15.9. The molecule has 7 nitrogen and oxygen atoms in total. The van der Waals surface area contributed by atoms with Crippen molar-refractivity contribution < 1.29 is 14.3 Å². The zero-order chi connectivity index (χ0) is 20.2. The number of carbonyl (C=O) groups excluding carboxylic acids is 2. The lowest BCUT2D eigenvalue weighted by molar-refractivity contribution is -0.117. The fraction of sp³-hybridized carbons (Fsp3) is 0.227. The number of anilines is 1. The lowest BCUT2D eigenvalue weighted by Gasteiger charge is -2.23. The number of hydrogen-bond donors (Lipinski definition) is 3. The first-order valence-corrected chi connectivity index (χ1v) is 9.51. The van der Waals surface area contributed by atoms with E-state index in [9.17, 15) is 9.59 Å². The van der Waals surface area contributed by atoms with Crippen molar-refractivity contribution >= 4 is 28.4 Å². The predicted octanol–water partition coefficient (Wildman–Crippen LogP) is 2.32. The highest BCUT2D eigenvalue weighted by atomic mass is 16.5. The van der Waals surface area contributed by atoms with E-state index in [4.69, 9.17) is 10.5 Å². The molecule has 2 amide bonds. The molecule has 1 aromatic heterocycles. The number of nitrogens with one attached hydrogen (secondary N) is 2. The van der Waals surface area contributed by atoms with Crippen LogP contribution in [0.4, 0.5) is 5.69 Å². The molecule has 1 atom stereocenters. The molecule has 3 aromatic rings. The number of rotatable bonds is 5. The summed E-state index contributed by atoms with van der Waals surface area (Å²) < 4.78 is 5.37. The monoisotopic (exact) mass is 390 g/mol. The van der Waals surface area contributed by atoms with Crippen LogP contribution in [0.25, 0.3) is 22.2 Å². The summed E-state index contributed by atoms with van der Waals surface area (Å²) in [5.74, 6) is -0.561. The molecule has 1 aliphatic rings. The largest absolute Gasteiger partial charge is 0.378 e. The Morgan fingerprint density at radius 1 is 1.17 bits per heavy atom. The Labute approximate surface area is 168 Å². The van der Waals surface area contributed by atoms with Crippen molar-refractivity contribution in [2.45, 2.75) is 12.5 Å². The number of fused-ring (bicyclic) bond motifs is 1. The van der Waals surface area contributed by atoms with Gasteiger partial charge < -0.3 is 21.1 Å². The molecule has 4 N–H and O–H groups in total. The minimum atomic E-state index is -0.492. The number of hydrogen-bond acceptors (Lipinski definition) is 5. The second-order valence-electron chi connectivity index (χ2n) is 6.99. The van der Waals surface area contributed by atoms with Crippen LogP contribution < -0.4 is 16.4 Å². The van der Waals surface area contributed by atoms with E-state index in [1.165, 1.54) is 0 Å². The van der Waals surface area contributed by atoms with Crippen molar-refractivity contribution in [1.29, 1.82) is 0 Å². The number of aromatic nitrogens is 1. The maximum absolute atomic E-state index is 12.2. The van der Waals surface area contributed by atoms with Gasteiger partial charge in [-0.1, -0.05) is 30.3 Å².